The number of amides is 2. The van der Waals surface area contributed by atoms with Crippen LogP contribution in [0.25, 0.3) is 0 Å². The third-order valence-electron chi connectivity index (χ3n) is 4.99. The molecule has 11 nitrogen and oxygen atoms in total. The second-order valence-corrected chi connectivity index (χ2v) is 7.99. The van der Waals surface area contributed by atoms with Crippen LogP contribution in [0.4, 0.5) is 21.5 Å². The van der Waals surface area contributed by atoms with Crippen molar-refractivity contribution in [3.8, 4) is 0 Å². The van der Waals surface area contributed by atoms with Gasteiger partial charge in [-0.05, 0) is 55.9 Å². The molecule has 0 aliphatic carbocycles. The molecule has 36 heavy (non-hydrogen) atoms. The predicted molar refractivity (Wildman–Crippen MR) is 131 cm³/mol. The molecule has 1 aliphatic rings. The van der Waals surface area contributed by atoms with Gasteiger partial charge in [0.1, 0.15) is 5.82 Å². The summed E-state index contributed by atoms with van der Waals surface area (Å²) in [6.07, 6.45) is 0. The number of nitrogens with zero attached hydrogens (tertiary/aromatic N) is 2. The maximum absolute atomic E-state index is 13.6. The largest absolute Gasteiger partial charge is 0.473 e. The lowest BCUT2D eigenvalue weighted by molar-refractivity contribution is -0.159. The second kappa shape index (κ2) is 13.8. The Labute approximate surface area is 207 Å². The first-order chi connectivity index (χ1) is 17.0. The van der Waals surface area contributed by atoms with Crippen LogP contribution < -0.4 is 15.5 Å². The van der Waals surface area contributed by atoms with Crippen LogP contribution >= 0.6 is 0 Å². The van der Waals surface area contributed by atoms with Crippen molar-refractivity contribution in [1.29, 1.82) is 0 Å². The number of hydrogen-bond donors (Lipinski definition) is 4. The first kappa shape index (κ1) is 28.2. The van der Waals surface area contributed by atoms with Gasteiger partial charge in [0.15, 0.2) is 0 Å². The first-order valence-corrected chi connectivity index (χ1v) is 11.0. The molecule has 0 atom stereocenters. The van der Waals surface area contributed by atoms with Crippen LogP contribution in [-0.4, -0.2) is 85.3 Å². The molecule has 2 aromatic rings. The van der Waals surface area contributed by atoms with Crippen LogP contribution in [0.5, 0.6) is 0 Å². The van der Waals surface area contributed by atoms with Gasteiger partial charge in [0.2, 0.25) is 11.8 Å². The van der Waals surface area contributed by atoms with E-state index in [1.807, 2.05) is 24.3 Å². The van der Waals surface area contributed by atoms with Crippen molar-refractivity contribution < 1.29 is 38.5 Å². The first-order valence-electron chi connectivity index (χ1n) is 11.0. The Morgan fingerprint density at radius 1 is 0.917 bits per heavy atom. The molecule has 0 aromatic heterocycles. The lowest BCUT2D eigenvalue weighted by atomic mass is 10.2. The van der Waals surface area contributed by atoms with Gasteiger partial charge in [0, 0.05) is 30.2 Å². The lowest BCUT2D eigenvalue weighted by Gasteiger charge is -2.28. The minimum absolute atomic E-state index is 0.0128. The van der Waals surface area contributed by atoms with Gasteiger partial charge in [-0.15, -0.1) is 0 Å². The molecule has 0 unspecified atom stereocenters. The van der Waals surface area contributed by atoms with Crippen LogP contribution in [0.15, 0.2) is 42.5 Å². The molecule has 2 amide bonds. The number of aryl methyl sites for hydroxylation is 1. The summed E-state index contributed by atoms with van der Waals surface area (Å²) in [6, 6.07) is 12.2. The molecule has 12 heteroatoms. The topological polar surface area (TPSA) is 149 Å². The number of carbonyl (C=O) groups is 4. The average molecular weight is 505 g/mol. The van der Waals surface area contributed by atoms with Crippen LogP contribution in [0.3, 0.4) is 0 Å². The summed E-state index contributed by atoms with van der Waals surface area (Å²) >= 11 is 0. The Bertz CT molecular complexity index is 1060. The summed E-state index contributed by atoms with van der Waals surface area (Å²) in [5, 5.41) is 20.3. The van der Waals surface area contributed by atoms with Crippen LogP contribution in [0.2, 0.25) is 0 Å². The molecule has 1 aliphatic heterocycles. The van der Waals surface area contributed by atoms with Gasteiger partial charge >= 0.3 is 11.9 Å². The van der Waals surface area contributed by atoms with E-state index in [9.17, 15) is 14.0 Å². The third-order valence-corrected chi connectivity index (χ3v) is 4.99. The number of carboxylic acid groups (broad SMARTS) is 2. The standard InChI is InChI=1S/C22H27FN4O3.C2H2O4/c1-16-3-4-18(13-20(16)23)25-22(29)15-26(2)14-21(28)24-17-5-7-19(8-6-17)27-9-11-30-12-10-27;3-1(4)2(5)6/h3-8,13H,9-12,14-15H2,1-2H3,(H,24,28)(H,25,29);(H,3,4)(H,5,6). The van der Waals surface area contributed by atoms with Crippen molar-refractivity contribution in [2.45, 2.75) is 6.92 Å². The molecule has 0 saturated carbocycles. The quantitative estimate of drug-likeness (QED) is 0.413. The normalized spacial score (nSPS) is 12.8. The Kier molecular flexibility index (Phi) is 10.8. The van der Waals surface area contributed by atoms with E-state index >= 15 is 0 Å². The Hall–Kier alpha value is -4.03. The molecule has 3 rings (SSSR count). The molecule has 0 spiro atoms. The van der Waals surface area contributed by atoms with E-state index in [-0.39, 0.29) is 30.7 Å². The predicted octanol–water partition coefficient (Wildman–Crippen LogP) is 1.64. The number of aliphatic carboxylic acids is 2. The number of morpholine rings is 1. The highest BCUT2D eigenvalue weighted by Crippen LogP contribution is 2.19. The van der Waals surface area contributed by atoms with Crippen molar-refractivity contribution in [1.82, 2.24) is 4.90 Å². The Morgan fingerprint density at radius 2 is 1.42 bits per heavy atom. The number of halogens is 1. The van der Waals surface area contributed by atoms with E-state index in [0.717, 1.165) is 32.0 Å². The number of likely N-dealkylation sites (N-methyl/N-ethyl adjacent to an activating group) is 1. The summed E-state index contributed by atoms with van der Waals surface area (Å²) in [6.45, 7) is 4.87. The highest BCUT2D eigenvalue weighted by Gasteiger charge is 2.13. The van der Waals surface area contributed by atoms with E-state index in [1.54, 1.807) is 31.0 Å². The highest BCUT2D eigenvalue weighted by molar-refractivity contribution is 6.27. The highest BCUT2D eigenvalue weighted by atomic mass is 19.1. The van der Waals surface area contributed by atoms with Crippen LogP contribution in [0.1, 0.15) is 5.56 Å². The van der Waals surface area contributed by atoms with Crippen molar-refractivity contribution in [3.63, 3.8) is 0 Å². The van der Waals surface area contributed by atoms with Crippen molar-refractivity contribution in [2.24, 2.45) is 0 Å². The zero-order valence-corrected chi connectivity index (χ0v) is 20.0. The number of nitrogens with one attached hydrogen (secondary N) is 2. The Balaban J connectivity index is 0.000000678. The smallest absolute Gasteiger partial charge is 0.414 e. The third kappa shape index (κ3) is 9.68. The fourth-order valence-corrected chi connectivity index (χ4v) is 3.19. The SMILES string of the molecule is Cc1ccc(NC(=O)CN(C)CC(=O)Nc2ccc(N3CCOCC3)cc2)cc1F.O=C(O)C(=O)O. The van der Waals surface area contributed by atoms with Gasteiger partial charge < -0.3 is 30.5 Å². The monoisotopic (exact) mass is 504 g/mol. The number of rotatable bonds is 7. The fourth-order valence-electron chi connectivity index (χ4n) is 3.19. The molecular weight excluding hydrogens is 475 g/mol. The van der Waals surface area contributed by atoms with E-state index in [0.29, 0.717) is 16.9 Å². The maximum atomic E-state index is 13.6. The summed E-state index contributed by atoms with van der Waals surface area (Å²) in [4.78, 5) is 46.4. The number of hydrogen-bond acceptors (Lipinski definition) is 7. The van der Waals surface area contributed by atoms with E-state index in [4.69, 9.17) is 24.5 Å². The molecule has 0 radical (unpaired) electrons. The summed E-state index contributed by atoms with van der Waals surface area (Å²) in [5.74, 6) is -4.56. The minimum atomic E-state index is -1.82. The van der Waals surface area contributed by atoms with E-state index < -0.39 is 11.9 Å². The zero-order valence-electron chi connectivity index (χ0n) is 20.0. The maximum Gasteiger partial charge on any atom is 0.414 e. The van der Waals surface area contributed by atoms with Gasteiger partial charge in [0.05, 0.1) is 26.3 Å². The summed E-state index contributed by atoms with van der Waals surface area (Å²) < 4.78 is 18.9. The van der Waals surface area contributed by atoms with Gasteiger partial charge in [-0.1, -0.05) is 6.07 Å². The fraction of sp³-hybridized carbons (Fsp3) is 0.333. The van der Waals surface area contributed by atoms with Crippen molar-refractivity contribution >= 4 is 40.8 Å². The average Bonchev–Trinajstić information content (AvgIpc) is 2.82. The molecule has 1 saturated heterocycles. The van der Waals surface area contributed by atoms with Gasteiger partial charge in [-0.25, -0.2) is 14.0 Å². The van der Waals surface area contributed by atoms with Gasteiger partial charge in [-0.3, -0.25) is 14.5 Å². The number of benzene rings is 2. The molecule has 4 N–H and O–H groups in total. The number of carbonyl (C=O) groups excluding carboxylic acids is 2. The Morgan fingerprint density at radius 3 is 1.92 bits per heavy atom. The minimum Gasteiger partial charge on any atom is -0.473 e. The summed E-state index contributed by atoms with van der Waals surface area (Å²) in [5.41, 5.74) is 2.70. The van der Waals surface area contributed by atoms with E-state index in [2.05, 4.69) is 15.5 Å². The van der Waals surface area contributed by atoms with Crippen LogP contribution in [0, 0.1) is 12.7 Å². The van der Waals surface area contributed by atoms with E-state index in [1.165, 1.54) is 6.07 Å². The summed E-state index contributed by atoms with van der Waals surface area (Å²) in [7, 11) is 1.68. The lowest BCUT2D eigenvalue weighted by Crippen LogP contribution is -2.36. The zero-order chi connectivity index (χ0) is 26.7. The number of carboxylic acids is 2. The van der Waals surface area contributed by atoms with Gasteiger partial charge in [-0.2, -0.15) is 0 Å². The molecule has 194 valence electrons. The molecule has 1 heterocycles. The number of anilines is 3. The molecule has 2 aromatic carbocycles. The molecule has 0 bridgehead atoms. The van der Waals surface area contributed by atoms with Crippen molar-refractivity contribution in [3.05, 3.63) is 53.8 Å². The van der Waals surface area contributed by atoms with Gasteiger partial charge in [0.25, 0.3) is 0 Å². The van der Waals surface area contributed by atoms with Crippen LogP contribution in [-0.2, 0) is 23.9 Å². The second-order valence-electron chi connectivity index (χ2n) is 7.99. The molecular formula is C24H29FN4O7. The molecule has 1 fully saturated rings. The number of ether oxygens (including phenoxy) is 1. The van der Waals surface area contributed by atoms with Crippen molar-refractivity contribution in [2.75, 3.05) is 62.0 Å².